The lowest BCUT2D eigenvalue weighted by Crippen LogP contribution is -2.53. The van der Waals surface area contributed by atoms with Gasteiger partial charge in [0.25, 0.3) is 0 Å². The molecule has 0 radical (unpaired) electrons. The second-order valence-electron chi connectivity index (χ2n) is 5.96. The maximum Gasteiger partial charge on any atom is 0.0708 e. The lowest BCUT2D eigenvalue weighted by Gasteiger charge is -2.55. The van der Waals surface area contributed by atoms with Gasteiger partial charge < -0.3 is 5.11 Å². The zero-order valence-electron chi connectivity index (χ0n) is 10.8. The van der Waals surface area contributed by atoms with Gasteiger partial charge in [0.2, 0.25) is 0 Å². The van der Waals surface area contributed by atoms with Crippen molar-refractivity contribution >= 4 is 15.9 Å². The van der Waals surface area contributed by atoms with E-state index >= 15 is 0 Å². The summed E-state index contributed by atoms with van der Waals surface area (Å²) in [6.45, 7) is 10.8. The van der Waals surface area contributed by atoms with E-state index in [2.05, 4.69) is 61.5 Å². The summed E-state index contributed by atoms with van der Waals surface area (Å²) >= 11 is 3.68. The van der Waals surface area contributed by atoms with Crippen LogP contribution in [0.15, 0.2) is 36.0 Å². The van der Waals surface area contributed by atoms with Gasteiger partial charge in [0.1, 0.15) is 0 Å². The highest BCUT2D eigenvalue weighted by Crippen LogP contribution is 2.59. The molecule has 3 atom stereocenters. The van der Waals surface area contributed by atoms with Crippen molar-refractivity contribution in [3.63, 3.8) is 0 Å². The number of rotatable bonds is 0. The third-order valence-corrected chi connectivity index (χ3v) is 6.40. The number of aliphatic hydroxyl groups excluding tert-OH is 1. The molecule has 3 unspecified atom stereocenters. The van der Waals surface area contributed by atoms with Crippen LogP contribution in [0.1, 0.15) is 33.6 Å². The van der Waals surface area contributed by atoms with Crippen LogP contribution in [0.4, 0.5) is 0 Å². The predicted octanol–water partition coefficient (Wildman–Crippen LogP) is 3.99. The van der Waals surface area contributed by atoms with Gasteiger partial charge in [0.15, 0.2) is 0 Å². The molecule has 0 aromatic carbocycles. The van der Waals surface area contributed by atoms with Crippen LogP contribution < -0.4 is 0 Å². The maximum absolute atomic E-state index is 10.1. The van der Waals surface area contributed by atoms with Crippen molar-refractivity contribution in [1.82, 2.24) is 0 Å². The maximum atomic E-state index is 10.1. The van der Waals surface area contributed by atoms with Gasteiger partial charge >= 0.3 is 0 Å². The third-order valence-electron chi connectivity index (χ3n) is 4.64. The largest absolute Gasteiger partial charge is 0.392 e. The number of allylic oxidation sites excluding steroid dienone is 4. The first-order valence-electron chi connectivity index (χ1n) is 6.17. The number of halogens is 1. The molecule has 17 heavy (non-hydrogen) atoms. The molecule has 0 aromatic rings. The van der Waals surface area contributed by atoms with Crippen molar-refractivity contribution in [3.8, 4) is 0 Å². The van der Waals surface area contributed by atoms with Crippen LogP contribution in [-0.2, 0) is 0 Å². The van der Waals surface area contributed by atoms with Crippen LogP contribution in [0.2, 0.25) is 0 Å². The standard InChI is InChI=1S/C15H21BrO/c1-10-5-7-15(8-6-10)11(2)9-12(17)13(16)14(15,3)4/h5-7,12-13,17H,2,8-9H2,1,3-4H3. The summed E-state index contributed by atoms with van der Waals surface area (Å²) < 4.78 is 0. The molecule has 0 amide bonds. The van der Waals surface area contributed by atoms with Crippen LogP contribution >= 0.6 is 15.9 Å². The Kier molecular flexibility index (Phi) is 3.16. The zero-order chi connectivity index (χ0) is 12.8. The minimum atomic E-state index is -0.330. The third kappa shape index (κ3) is 1.77. The van der Waals surface area contributed by atoms with Crippen LogP contribution in [-0.4, -0.2) is 16.0 Å². The molecular weight excluding hydrogens is 276 g/mol. The first-order chi connectivity index (χ1) is 7.81. The Morgan fingerprint density at radius 3 is 2.65 bits per heavy atom. The Morgan fingerprint density at radius 1 is 1.47 bits per heavy atom. The molecule has 2 aliphatic carbocycles. The van der Waals surface area contributed by atoms with Crippen molar-refractivity contribution in [3.05, 3.63) is 36.0 Å². The lowest BCUT2D eigenvalue weighted by molar-refractivity contribution is 0.0350. The average Bonchev–Trinajstić information content (AvgIpc) is 2.27. The monoisotopic (exact) mass is 296 g/mol. The SMILES string of the molecule is C=C1CC(O)C(Br)C(C)(C)C12C=CC(C)=CC2. The van der Waals surface area contributed by atoms with E-state index in [1.54, 1.807) is 0 Å². The summed E-state index contributed by atoms with van der Waals surface area (Å²) in [4.78, 5) is 0.108. The van der Waals surface area contributed by atoms with Crippen LogP contribution in [0.25, 0.3) is 0 Å². The minimum absolute atomic E-state index is 0.0140. The van der Waals surface area contributed by atoms with Gasteiger partial charge in [0.05, 0.1) is 6.10 Å². The summed E-state index contributed by atoms with van der Waals surface area (Å²) in [6.07, 6.45) is 8.12. The number of hydrogen-bond acceptors (Lipinski definition) is 1. The topological polar surface area (TPSA) is 20.2 Å². The lowest BCUT2D eigenvalue weighted by atomic mass is 9.52. The molecule has 0 heterocycles. The molecule has 2 aliphatic rings. The van der Waals surface area contributed by atoms with Gasteiger partial charge in [-0.1, -0.05) is 65.7 Å². The first kappa shape index (κ1) is 13.1. The molecule has 2 heteroatoms. The van der Waals surface area contributed by atoms with E-state index in [4.69, 9.17) is 0 Å². The van der Waals surface area contributed by atoms with Crippen LogP contribution in [0, 0.1) is 10.8 Å². The molecule has 1 saturated carbocycles. The van der Waals surface area contributed by atoms with Gasteiger partial charge in [-0.05, 0) is 25.2 Å². The van der Waals surface area contributed by atoms with Crippen molar-refractivity contribution in [2.75, 3.05) is 0 Å². The molecule has 1 nitrogen and oxygen atoms in total. The van der Waals surface area contributed by atoms with E-state index in [-0.39, 0.29) is 21.8 Å². The fraction of sp³-hybridized carbons (Fsp3) is 0.600. The second kappa shape index (κ2) is 4.10. The summed E-state index contributed by atoms with van der Waals surface area (Å²) in [5.41, 5.74) is 2.43. The highest BCUT2D eigenvalue weighted by Gasteiger charge is 2.54. The number of aliphatic hydroxyl groups is 1. The van der Waals surface area contributed by atoms with Gasteiger partial charge in [-0.15, -0.1) is 0 Å². The fourth-order valence-corrected chi connectivity index (χ4v) is 3.79. The molecule has 0 aliphatic heterocycles. The molecule has 2 rings (SSSR count). The summed E-state index contributed by atoms with van der Waals surface area (Å²) in [6, 6.07) is 0. The quantitative estimate of drug-likeness (QED) is 0.529. The Morgan fingerprint density at radius 2 is 2.12 bits per heavy atom. The number of alkyl halides is 1. The van der Waals surface area contributed by atoms with E-state index in [1.807, 2.05) is 0 Å². The van der Waals surface area contributed by atoms with Crippen molar-refractivity contribution in [1.29, 1.82) is 0 Å². The Hall–Kier alpha value is -0.340. The Balaban J connectivity index is 2.45. The minimum Gasteiger partial charge on any atom is -0.392 e. The first-order valence-corrected chi connectivity index (χ1v) is 7.09. The van der Waals surface area contributed by atoms with Crippen molar-refractivity contribution in [2.24, 2.45) is 10.8 Å². The smallest absolute Gasteiger partial charge is 0.0708 e. The summed E-state index contributed by atoms with van der Waals surface area (Å²) in [7, 11) is 0. The molecule has 1 N–H and O–H groups in total. The number of hydrogen-bond donors (Lipinski definition) is 1. The van der Waals surface area contributed by atoms with Crippen molar-refractivity contribution in [2.45, 2.75) is 44.5 Å². The van der Waals surface area contributed by atoms with E-state index in [0.29, 0.717) is 6.42 Å². The van der Waals surface area contributed by atoms with E-state index in [1.165, 1.54) is 5.57 Å². The Bertz CT molecular complexity index is 405. The van der Waals surface area contributed by atoms with Gasteiger partial charge in [0, 0.05) is 10.2 Å². The Labute approximate surface area is 112 Å². The molecule has 0 aromatic heterocycles. The van der Waals surface area contributed by atoms with Crippen LogP contribution in [0.5, 0.6) is 0 Å². The molecular formula is C15H21BrO. The second-order valence-corrected chi connectivity index (χ2v) is 6.94. The average molecular weight is 297 g/mol. The van der Waals surface area contributed by atoms with Crippen molar-refractivity contribution < 1.29 is 5.11 Å². The van der Waals surface area contributed by atoms with E-state index in [9.17, 15) is 5.11 Å². The summed E-state index contributed by atoms with van der Waals surface area (Å²) in [5, 5.41) is 10.1. The molecule has 94 valence electrons. The van der Waals surface area contributed by atoms with E-state index < -0.39 is 0 Å². The summed E-state index contributed by atoms with van der Waals surface area (Å²) in [5.74, 6) is 0. The fourth-order valence-electron chi connectivity index (χ4n) is 3.19. The van der Waals surface area contributed by atoms with E-state index in [0.717, 1.165) is 12.0 Å². The predicted molar refractivity (Wildman–Crippen MR) is 76.2 cm³/mol. The molecule has 0 bridgehead atoms. The zero-order valence-corrected chi connectivity index (χ0v) is 12.4. The molecule has 0 saturated heterocycles. The molecule has 1 spiro atoms. The molecule has 1 fully saturated rings. The normalized spacial score (nSPS) is 40.5. The van der Waals surface area contributed by atoms with Gasteiger partial charge in [-0.25, -0.2) is 0 Å². The van der Waals surface area contributed by atoms with Gasteiger partial charge in [-0.2, -0.15) is 0 Å². The highest BCUT2D eigenvalue weighted by molar-refractivity contribution is 9.09. The van der Waals surface area contributed by atoms with Gasteiger partial charge in [-0.3, -0.25) is 0 Å². The van der Waals surface area contributed by atoms with Crippen LogP contribution in [0.3, 0.4) is 0 Å². The highest BCUT2D eigenvalue weighted by atomic mass is 79.9.